The smallest absolute Gasteiger partial charge is 0.127 e. The monoisotopic (exact) mass is 370 g/mol. The van der Waals surface area contributed by atoms with Gasteiger partial charge >= 0.3 is 0 Å². The second-order valence-electron chi connectivity index (χ2n) is 6.80. The van der Waals surface area contributed by atoms with Crippen LogP contribution in [0.2, 0.25) is 0 Å². The summed E-state index contributed by atoms with van der Waals surface area (Å²) in [6.07, 6.45) is 5.28. The number of aromatic nitrogens is 4. The number of nitrogens with two attached hydrogens (primary N) is 1. The fraction of sp³-hybridized carbons (Fsp3) is 0.316. The van der Waals surface area contributed by atoms with E-state index in [1.54, 1.807) is 17.1 Å². The van der Waals surface area contributed by atoms with Gasteiger partial charge in [0.1, 0.15) is 23.1 Å². The molecule has 0 atom stereocenters. The number of halogens is 2. The molecule has 140 valence electrons. The van der Waals surface area contributed by atoms with Crippen molar-refractivity contribution in [2.75, 3.05) is 18.8 Å². The number of likely N-dealkylation sites (tertiary alicyclic amines) is 1. The van der Waals surface area contributed by atoms with Crippen LogP contribution in [0.5, 0.6) is 0 Å². The number of nitrogens with zero attached hydrogens (tertiary/aromatic N) is 5. The van der Waals surface area contributed by atoms with Gasteiger partial charge in [-0.15, -0.1) is 5.10 Å². The average Bonchev–Trinajstić information content (AvgIpc) is 3.14. The maximum absolute atomic E-state index is 13.4. The fourth-order valence-electron chi connectivity index (χ4n) is 3.46. The quantitative estimate of drug-likeness (QED) is 0.764. The van der Waals surface area contributed by atoms with Crippen molar-refractivity contribution in [3.63, 3.8) is 0 Å². The molecule has 0 aliphatic carbocycles. The Balaban J connectivity index is 1.40. The molecule has 2 aromatic heterocycles. The van der Waals surface area contributed by atoms with Gasteiger partial charge in [-0.1, -0.05) is 11.3 Å². The molecule has 0 radical (unpaired) electrons. The first-order chi connectivity index (χ1) is 13.1. The second-order valence-corrected chi connectivity index (χ2v) is 6.80. The Morgan fingerprint density at radius 2 is 1.85 bits per heavy atom. The van der Waals surface area contributed by atoms with Gasteiger partial charge in [0.25, 0.3) is 0 Å². The molecule has 1 fully saturated rings. The van der Waals surface area contributed by atoms with Gasteiger partial charge in [-0.05, 0) is 31.0 Å². The fourth-order valence-corrected chi connectivity index (χ4v) is 3.46. The molecule has 2 N–H and O–H groups in total. The summed E-state index contributed by atoms with van der Waals surface area (Å²) in [5, 5.41) is 8.26. The summed E-state index contributed by atoms with van der Waals surface area (Å²) < 4.78 is 28.6. The maximum atomic E-state index is 13.4. The standard InChI is InChI=1S/C19H20F2N6/c20-15-8-14(9-16(21)10-15)18-12-27(25-24-18)17-3-6-26(7-4-17)11-13-2-1-5-23-19(13)22/h1-2,5,8-10,12,17H,3-4,6-7,11H2,(H2,22,23). The zero-order chi connectivity index (χ0) is 18.8. The van der Waals surface area contributed by atoms with E-state index in [1.807, 2.05) is 12.1 Å². The molecule has 6 nitrogen and oxygen atoms in total. The average molecular weight is 370 g/mol. The Kier molecular flexibility index (Phi) is 4.81. The van der Waals surface area contributed by atoms with E-state index in [1.165, 1.54) is 12.1 Å². The third-order valence-corrected chi connectivity index (χ3v) is 4.92. The van der Waals surface area contributed by atoms with E-state index in [-0.39, 0.29) is 6.04 Å². The lowest BCUT2D eigenvalue weighted by Crippen LogP contribution is -2.34. The molecular weight excluding hydrogens is 350 g/mol. The van der Waals surface area contributed by atoms with Crippen LogP contribution in [0.4, 0.5) is 14.6 Å². The van der Waals surface area contributed by atoms with Gasteiger partial charge in [-0.25, -0.2) is 18.4 Å². The van der Waals surface area contributed by atoms with Crippen molar-refractivity contribution in [3.05, 3.63) is 59.9 Å². The van der Waals surface area contributed by atoms with Gasteiger partial charge < -0.3 is 5.73 Å². The van der Waals surface area contributed by atoms with Crippen LogP contribution in [0.15, 0.2) is 42.7 Å². The molecular formula is C19H20F2N6. The highest BCUT2D eigenvalue weighted by molar-refractivity contribution is 5.57. The molecule has 8 heteroatoms. The number of nitrogen functional groups attached to an aromatic ring is 1. The van der Waals surface area contributed by atoms with Gasteiger partial charge in [-0.3, -0.25) is 4.90 Å². The summed E-state index contributed by atoms with van der Waals surface area (Å²) >= 11 is 0. The van der Waals surface area contributed by atoms with E-state index in [4.69, 9.17) is 5.73 Å². The van der Waals surface area contributed by atoms with E-state index in [9.17, 15) is 8.78 Å². The Bertz CT molecular complexity index is 913. The third-order valence-electron chi connectivity index (χ3n) is 4.92. The van der Waals surface area contributed by atoms with Crippen LogP contribution in [0.25, 0.3) is 11.3 Å². The molecule has 1 aliphatic rings. The van der Waals surface area contributed by atoms with Crippen LogP contribution < -0.4 is 5.73 Å². The zero-order valence-corrected chi connectivity index (χ0v) is 14.7. The van der Waals surface area contributed by atoms with Crippen molar-refractivity contribution >= 4 is 5.82 Å². The Labute approximate surface area is 155 Å². The molecule has 0 amide bonds. The number of pyridine rings is 1. The molecule has 4 rings (SSSR count). The minimum atomic E-state index is -0.623. The largest absolute Gasteiger partial charge is 0.383 e. The summed E-state index contributed by atoms with van der Waals surface area (Å²) in [5.41, 5.74) is 7.82. The zero-order valence-electron chi connectivity index (χ0n) is 14.7. The van der Waals surface area contributed by atoms with Gasteiger partial charge in [0.15, 0.2) is 0 Å². The number of hydrogen-bond acceptors (Lipinski definition) is 5. The molecule has 0 spiro atoms. The van der Waals surface area contributed by atoms with Crippen molar-refractivity contribution in [3.8, 4) is 11.3 Å². The summed E-state index contributed by atoms with van der Waals surface area (Å²) in [6, 6.07) is 7.48. The minimum Gasteiger partial charge on any atom is -0.383 e. The highest BCUT2D eigenvalue weighted by Crippen LogP contribution is 2.26. The van der Waals surface area contributed by atoms with Crippen LogP contribution in [0.3, 0.4) is 0 Å². The predicted molar refractivity (Wildman–Crippen MR) is 97.6 cm³/mol. The van der Waals surface area contributed by atoms with Crippen molar-refractivity contribution < 1.29 is 8.78 Å². The van der Waals surface area contributed by atoms with E-state index in [0.29, 0.717) is 17.1 Å². The first kappa shape index (κ1) is 17.5. The third kappa shape index (κ3) is 3.95. The van der Waals surface area contributed by atoms with Crippen molar-refractivity contribution in [2.45, 2.75) is 25.4 Å². The minimum absolute atomic E-state index is 0.215. The summed E-state index contributed by atoms with van der Waals surface area (Å²) in [6.45, 7) is 2.59. The molecule has 1 saturated heterocycles. The normalized spacial score (nSPS) is 15.9. The summed E-state index contributed by atoms with van der Waals surface area (Å²) in [7, 11) is 0. The molecule has 27 heavy (non-hydrogen) atoms. The van der Waals surface area contributed by atoms with Gasteiger partial charge in [-0.2, -0.15) is 0 Å². The summed E-state index contributed by atoms with van der Waals surface area (Å²) in [5.74, 6) is -0.673. The molecule has 0 bridgehead atoms. The van der Waals surface area contributed by atoms with Crippen LogP contribution in [-0.4, -0.2) is 38.0 Å². The Morgan fingerprint density at radius 1 is 1.11 bits per heavy atom. The number of rotatable bonds is 4. The number of benzene rings is 1. The molecule has 3 heterocycles. The topological polar surface area (TPSA) is 72.9 Å². The Morgan fingerprint density at radius 3 is 2.56 bits per heavy atom. The lowest BCUT2D eigenvalue weighted by Gasteiger charge is -2.31. The van der Waals surface area contributed by atoms with Crippen molar-refractivity contribution in [1.29, 1.82) is 0 Å². The summed E-state index contributed by atoms with van der Waals surface area (Å²) in [4.78, 5) is 6.46. The van der Waals surface area contributed by atoms with E-state index in [0.717, 1.165) is 44.1 Å². The van der Waals surface area contributed by atoms with Crippen LogP contribution in [0.1, 0.15) is 24.4 Å². The molecule has 0 saturated carbocycles. The maximum Gasteiger partial charge on any atom is 0.127 e. The van der Waals surface area contributed by atoms with Crippen molar-refractivity contribution in [1.82, 2.24) is 24.9 Å². The lowest BCUT2D eigenvalue weighted by atomic mass is 10.0. The molecule has 1 aromatic carbocycles. The SMILES string of the molecule is Nc1ncccc1CN1CCC(n2cc(-c3cc(F)cc(F)c3)nn2)CC1. The second kappa shape index (κ2) is 7.40. The highest BCUT2D eigenvalue weighted by atomic mass is 19.1. The number of anilines is 1. The molecule has 0 unspecified atom stereocenters. The van der Waals surface area contributed by atoms with Crippen LogP contribution in [-0.2, 0) is 6.54 Å². The predicted octanol–water partition coefficient (Wildman–Crippen LogP) is 3.04. The highest BCUT2D eigenvalue weighted by Gasteiger charge is 2.22. The van der Waals surface area contributed by atoms with Gasteiger partial charge in [0, 0.05) is 43.0 Å². The lowest BCUT2D eigenvalue weighted by molar-refractivity contribution is 0.172. The van der Waals surface area contributed by atoms with Crippen LogP contribution in [0, 0.1) is 11.6 Å². The van der Waals surface area contributed by atoms with Gasteiger partial charge in [0.2, 0.25) is 0 Å². The first-order valence-electron chi connectivity index (χ1n) is 8.88. The van der Waals surface area contributed by atoms with Gasteiger partial charge in [0.05, 0.1) is 12.2 Å². The molecule has 3 aromatic rings. The molecule has 1 aliphatic heterocycles. The first-order valence-corrected chi connectivity index (χ1v) is 8.88. The van der Waals surface area contributed by atoms with Crippen molar-refractivity contribution in [2.24, 2.45) is 0 Å². The number of piperidine rings is 1. The van der Waals surface area contributed by atoms with E-state index in [2.05, 4.69) is 20.2 Å². The van der Waals surface area contributed by atoms with E-state index < -0.39 is 11.6 Å². The number of hydrogen-bond donors (Lipinski definition) is 1. The van der Waals surface area contributed by atoms with E-state index >= 15 is 0 Å². The van der Waals surface area contributed by atoms with Crippen LogP contribution >= 0.6 is 0 Å². The Hall–Kier alpha value is -2.87.